The minimum Gasteiger partial charge on any atom is -0.293 e. The normalized spacial score (nSPS) is 19.2. The minimum atomic E-state index is 0.798. The molecule has 1 fully saturated rings. The van der Waals surface area contributed by atoms with Crippen LogP contribution in [0.5, 0.6) is 0 Å². The van der Waals surface area contributed by atoms with Gasteiger partial charge in [-0.15, -0.1) is 0 Å². The summed E-state index contributed by atoms with van der Waals surface area (Å²) in [5.74, 6) is 6.21. The SMILES string of the molecule is CN(CCC1CCCC1)CNN. The summed E-state index contributed by atoms with van der Waals surface area (Å²) < 4.78 is 0. The van der Waals surface area contributed by atoms with E-state index in [2.05, 4.69) is 17.4 Å². The van der Waals surface area contributed by atoms with Gasteiger partial charge in [-0.05, 0) is 25.9 Å². The van der Waals surface area contributed by atoms with Crippen LogP contribution in [-0.4, -0.2) is 25.2 Å². The van der Waals surface area contributed by atoms with Crippen LogP contribution in [0.4, 0.5) is 0 Å². The van der Waals surface area contributed by atoms with Crippen molar-refractivity contribution in [2.75, 3.05) is 20.3 Å². The van der Waals surface area contributed by atoms with Crippen molar-refractivity contribution in [2.45, 2.75) is 32.1 Å². The number of nitrogens with two attached hydrogens (primary N) is 1. The van der Waals surface area contributed by atoms with Gasteiger partial charge < -0.3 is 0 Å². The third kappa shape index (κ3) is 3.52. The molecule has 1 aliphatic carbocycles. The van der Waals surface area contributed by atoms with Crippen molar-refractivity contribution in [1.29, 1.82) is 0 Å². The van der Waals surface area contributed by atoms with Crippen LogP contribution in [0.2, 0.25) is 0 Å². The van der Waals surface area contributed by atoms with E-state index in [0.29, 0.717) is 0 Å². The molecule has 0 aromatic heterocycles. The summed E-state index contributed by atoms with van der Waals surface area (Å²) in [5, 5.41) is 0. The molecule has 72 valence electrons. The molecule has 0 amide bonds. The lowest BCUT2D eigenvalue weighted by Gasteiger charge is -2.17. The molecule has 0 unspecified atom stereocenters. The van der Waals surface area contributed by atoms with Gasteiger partial charge in [-0.1, -0.05) is 25.7 Å². The highest BCUT2D eigenvalue weighted by Crippen LogP contribution is 2.27. The first-order valence-electron chi connectivity index (χ1n) is 4.95. The zero-order valence-corrected chi connectivity index (χ0v) is 8.05. The maximum Gasteiger partial charge on any atom is 0.0609 e. The first kappa shape index (κ1) is 9.96. The number of hydrogen-bond acceptors (Lipinski definition) is 3. The maximum atomic E-state index is 5.22. The molecule has 0 aromatic carbocycles. The summed E-state index contributed by atoms with van der Waals surface area (Å²) in [7, 11) is 2.11. The fourth-order valence-corrected chi connectivity index (χ4v) is 1.94. The number of hydrogen-bond donors (Lipinski definition) is 2. The second-order valence-corrected chi connectivity index (χ2v) is 3.88. The van der Waals surface area contributed by atoms with Crippen LogP contribution in [0.1, 0.15) is 32.1 Å². The van der Waals surface area contributed by atoms with E-state index >= 15 is 0 Å². The van der Waals surface area contributed by atoms with Gasteiger partial charge in [0.15, 0.2) is 0 Å². The molecule has 0 radical (unpaired) electrons. The number of rotatable bonds is 5. The molecular formula is C9H21N3. The summed E-state index contributed by atoms with van der Waals surface area (Å²) >= 11 is 0. The van der Waals surface area contributed by atoms with Gasteiger partial charge in [0, 0.05) is 0 Å². The number of nitrogens with zero attached hydrogens (tertiary/aromatic N) is 1. The molecule has 1 saturated carbocycles. The summed E-state index contributed by atoms with van der Waals surface area (Å²) in [4.78, 5) is 2.23. The molecule has 3 nitrogen and oxygen atoms in total. The highest BCUT2D eigenvalue weighted by Gasteiger charge is 2.14. The predicted molar refractivity (Wildman–Crippen MR) is 51.4 cm³/mol. The molecule has 0 aromatic rings. The molecule has 0 atom stereocenters. The van der Waals surface area contributed by atoms with Crippen LogP contribution in [0, 0.1) is 5.92 Å². The summed E-state index contributed by atoms with van der Waals surface area (Å²) in [6.07, 6.45) is 7.14. The fourth-order valence-electron chi connectivity index (χ4n) is 1.94. The Bertz CT molecular complexity index is 110. The van der Waals surface area contributed by atoms with E-state index in [4.69, 9.17) is 5.84 Å². The molecule has 0 heterocycles. The van der Waals surface area contributed by atoms with Crippen LogP contribution in [0.3, 0.4) is 0 Å². The molecule has 0 spiro atoms. The zero-order chi connectivity index (χ0) is 8.81. The van der Waals surface area contributed by atoms with Gasteiger partial charge in [-0.25, -0.2) is 5.43 Å². The van der Waals surface area contributed by atoms with Gasteiger partial charge in [0.25, 0.3) is 0 Å². The van der Waals surface area contributed by atoms with E-state index < -0.39 is 0 Å². The number of nitrogens with one attached hydrogen (secondary N) is 1. The largest absolute Gasteiger partial charge is 0.293 e. The molecule has 1 rings (SSSR count). The molecular weight excluding hydrogens is 150 g/mol. The first-order valence-corrected chi connectivity index (χ1v) is 4.95. The Hall–Kier alpha value is -0.120. The van der Waals surface area contributed by atoms with Crippen molar-refractivity contribution >= 4 is 0 Å². The third-order valence-electron chi connectivity index (χ3n) is 2.76. The Morgan fingerprint density at radius 2 is 2.08 bits per heavy atom. The molecule has 12 heavy (non-hydrogen) atoms. The van der Waals surface area contributed by atoms with Gasteiger partial charge in [0.05, 0.1) is 6.67 Å². The van der Waals surface area contributed by atoms with Crippen molar-refractivity contribution in [3.05, 3.63) is 0 Å². The molecule has 0 bridgehead atoms. The second kappa shape index (κ2) is 5.51. The van der Waals surface area contributed by atoms with Crippen molar-refractivity contribution in [3.8, 4) is 0 Å². The van der Waals surface area contributed by atoms with E-state index in [9.17, 15) is 0 Å². The summed E-state index contributed by atoms with van der Waals surface area (Å²) in [6.45, 7) is 1.97. The zero-order valence-electron chi connectivity index (χ0n) is 8.05. The number of hydrazine groups is 1. The Morgan fingerprint density at radius 1 is 1.42 bits per heavy atom. The summed E-state index contributed by atoms with van der Waals surface area (Å²) in [5.41, 5.74) is 2.67. The monoisotopic (exact) mass is 171 g/mol. The smallest absolute Gasteiger partial charge is 0.0609 e. The maximum absolute atomic E-state index is 5.22. The Morgan fingerprint density at radius 3 is 2.67 bits per heavy atom. The molecule has 3 N–H and O–H groups in total. The van der Waals surface area contributed by atoms with Crippen LogP contribution in [0.15, 0.2) is 0 Å². The lowest BCUT2D eigenvalue weighted by molar-refractivity contribution is 0.281. The highest BCUT2D eigenvalue weighted by molar-refractivity contribution is 4.68. The Labute approximate surface area is 75.3 Å². The quantitative estimate of drug-likeness (QED) is 0.367. The Kier molecular flexibility index (Phi) is 4.58. The van der Waals surface area contributed by atoms with Crippen LogP contribution in [-0.2, 0) is 0 Å². The van der Waals surface area contributed by atoms with E-state index in [-0.39, 0.29) is 0 Å². The average molecular weight is 171 g/mol. The molecule has 1 aliphatic rings. The van der Waals surface area contributed by atoms with Crippen molar-refractivity contribution < 1.29 is 0 Å². The van der Waals surface area contributed by atoms with Gasteiger partial charge in [-0.2, -0.15) is 0 Å². The first-order chi connectivity index (χ1) is 5.83. The third-order valence-corrected chi connectivity index (χ3v) is 2.76. The van der Waals surface area contributed by atoms with E-state index in [1.807, 2.05) is 0 Å². The molecule has 0 aliphatic heterocycles. The van der Waals surface area contributed by atoms with E-state index in [1.54, 1.807) is 0 Å². The predicted octanol–water partition coefficient (Wildman–Crippen LogP) is 0.919. The standard InChI is InChI=1S/C9H21N3/c1-12(8-11-10)7-6-9-4-2-3-5-9/h9,11H,2-8,10H2,1H3. The second-order valence-electron chi connectivity index (χ2n) is 3.88. The average Bonchev–Trinajstić information content (AvgIpc) is 2.53. The van der Waals surface area contributed by atoms with Crippen LogP contribution in [0.25, 0.3) is 0 Å². The lowest BCUT2D eigenvalue weighted by atomic mass is 10.0. The van der Waals surface area contributed by atoms with Crippen molar-refractivity contribution in [3.63, 3.8) is 0 Å². The summed E-state index contributed by atoms with van der Waals surface area (Å²) in [6, 6.07) is 0. The van der Waals surface area contributed by atoms with E-state index in [1.165, 1.54) is 38.6 Å². The van der Waals surface area contributed by atoms with Crippen molar-refractivity contribution in [2.24, 2.45) is 11.8 Å². The topological polar surface area (TPSA) is 41.3 Å². The molecule has 0 saturated heterocycles. The fraction of sp³-hybridized carbons (Fsp3) is 1.00. The molecule has 3 heteroatoms. The minimum absolute atomic E-state index is 0.798. The van der Waals surface area contributed by atoms with Gasteiger partial charge in [-0.3, -0.25) is 10.7 Å². The van der Waals surface area contributed by atoms with Crippen LogP contribution < -0.4 is 11.3 Å². The van der Waals surface area contributed by atoms with Gasteiger partial charge in [0.1, 0.15) is 0 Å². The van der Waals surface area contributed by atoms with Gasteiger partial charge >= 0.3 is 0 Å². The van der Waals surface area contributed by atoms with E-state index in [0.717, 1.165) is 12.6 Å². The van der Waals surface area contributed by atoms with Crippen LogP contribution >= 0.6 is 0 Å². The van der Waals surface area contributed by atoms with Crippen molar-refractivity contribution in [1.82, 2.24) is 10.3 Å². The van der Waals surface area contributed by atoms with Gasteiger partial charge in [0.2, 0.25) is 0 Å². The highest BCUT2D eigenvalue weighted by atomic mass is 15.3. The Balaban J connectivity index is 1.99. The lowest BCUT2D eigenvalue weighted by Crippen LogP contribution is -2.36.